The highest BCUT2D eigenvalue weighted by Gasteiger charge is 2.19. The molecule has 0 radical (unpaired) electrons. The van der Waals surface area contributed by atoms with Crippen molar-refractivity contribution in [3.8, 4) is 5.75 Å². The molecule has 4 rings (SSSR count). The zero-order valence-electron chi connectivity index (χ0n) is 16.0. The zero-order chi connectivity index (χ0) is 21.1. The van der Waals surface area contributed by atoms with Crippen LogP contribution in [0.15, 0.2) is 77.8 Å². The maximum atomic E-state index is 12.8. The highest BCUT2D eigenvalue weighted by Crippen LogP contribution is 2.36. The second-order valence-corrected chi connectivity index (χ2v) is 7.96. The lowest BCUT2D eigenvalue weighted by Crippen LogP contribution is -2.08. The summed E-state index contributed by atoms with van der Waals surface area (Å²) in [6, 6.07) is 21.7. The summed E-state index contributed by atoms with van der Waals surface area (Å²) in [5.41, 5.74) is 1.97. The fraction of sp³-hybridized carbons (Fsp3) is 0.0417. The topological polar surface area (TPSA) is 55.7 Å². The van der Waals surface area contributed by atoms with E-state index in [0.29, 0.717) is 32.5 Å². The number of thiophene rings is 1. The Morgan fingerprint density at radius 3 is 2.40 bits per heavy atom. The minimum absolute atomic E-state index is 0.00249. The van der Waals surface area contributed by atoms with Gasteiger partial charge in [-0.15, -0.1) is 11.3 Å². The number of hydrogen-bond donors (Lipinski definition) is 0. The Morgan fingerprint density at radius 2 is 1.67 bits per heavy atom. The molecule has 0 unspecified atom stereocenters. The average Bonchev–Trinajstić information content (AvgIpc) is 3.10. The third-order valence-electron chi connectivity index (χ3n) is 4.47. The number of benzene rings is 3. The maximum Gasteiger partial charge on any atom is 0.355 e. The van der Waals surface area contributed by atoms with Crippen LogP contribution in [-0.2, 0) is 0 Å². The first kappa shape index (κ1) is 20.0. The Morgan fingerprint density at radius 1 is 0.967 bits per heavy atom. The maximum absolute atomic E-state index is 12.8. The summed E-state index contributed by atoms with van der Waals surface area (Å²) in [5, 5.41) is 1.23. The van der Waals surface area contributed by atoms with Crippen molar-refractivity contribution in [1.29, 1.82) is 0 Å². The van der Waals surface area contributed by atoms with E-state index in [9.17, 15) is 9.59 Å². The number of halogens is 1. The lowest BCUT2D eigenvalue weighted by Gasteiger charge is -2.06. The van der Waals surface area contributed by atoms with E-state index in [0.717, 1.165) is 10.1 Å². The molecule has 0 fully saturated rings. The first-order valence-corrected chi connectivity index (χ1v) is 10.4. The summed E-state index contributed by atoms with van der Waals surface area (Å²) in [6.45, 7) is 1.52. The molecule has 0 aliphatic carbocycles. The predicted molar refractivity (Wildman–Crippen MR) is 122 cm³/mol. The van der Waals surface area contributed by atoms with E-state index in [1.165, 1.54) is 18.3 Å². The molecule has 6 heteroatoms. The Bertz CT molecular complexity index is 1280. The third-order valence-corrected chi connectivity index (χ3v) is 6.12. The van der Waals surface area contributed by atoms with E-state index in [-0.39, 0.29) is 5.78 Å². The number of ketones is 1. The lowest BCUT2D eigenvalue weighted by atomic mass is 10.1. The molecular weight excluding hydrogens is 418 g/mol. The number of ether oxygens (including phenoxy) is 1. The van der Waals surface area contributed by atoms with Crippen LogP contribution in [0.3, 0.4) is 0 Å². The van der Waals surface area contributed by atoms with Crippen LogP contribution in [0.1, 0.15) is 32.5 Å². The van der Waals surface area contributed by atoms with Crippen molar-refractivity contribution in [2.45, 2.75) is 6.92 Å². The molecular formula is C24H16ClNO3S. The van der Waals surface area contributed by atoms with Crippen LogP contribution in [0.5, 0.6) is 5.75 Å². The van der Waals surface area contributed by atoms with Gasteiger partial charge in [0.15, 0.2) is 5.78 Å². The SMILES string of the molecule is CC(=O)c1ccc(N=Cc2ccccc2OC(=O)c2sc3ccccc3c2Cl)cc1. The van der Waals surface area contributed by atoms with E-state index in [4.69, 9.17) is 16.3 Å². The van der Waals surface area contributed by atoms with Gasteiger partial charge in [-0.25, -0.2) is 4.79 Å². The zero-order valence-corrected chi connectivity index (χ0v) is 17.5. The van der Waals surface area contributed by atoms with Crippen LogP contribution in [0.4, 0.5) is 5.69 Å². The number of para-hydroxylation sites is 1. The fourth-order valence-electron chi connectivity index (χ4n) is 2.90. The van der Waals surface area contributed by atoms with Crippen LogP contribution in [0, 0.1) is 0 Å². The van der Waals surface area contributed by atoms with Crippen LogP contribution >= 0.6 is 22.9 Å². The van der Waals surface area contributed by atoms with Crippen molar-refractivity contribution in [2.24, 2.45) is 4.99 Å². The van der Waals surface area contributed by atoms with Crippen LogP contribution < -0.4 is 4.74 Å². The molecule has 1 heterocycles. The molecule has 1 aromatic heterocycles. The predicted octanol–water partition coefficient (Wildman–Crippen LogP) is 6.73. The number of esters is 1. The number of aliphatic imine (C=N–C) groups is 1. The summed E-state index contributed by atoms with van der Waals surface area (Å²) in [5.74, 6) is -0.115. The number of carbonyl (C=O) groups is 2. The summed E-state index contributed by atoms with van der Waals surface area (Å²) >= 11 is 7.70. The van der Waals surface area contributed by atoms with Gasteiger partial charge < -0.3 is 4.74 Å². The van der Waals surface area contributed by atoms with E-state index in [1.807, 2.05) is 36.4 Å². The standard InChI is InChI=1S/C24H16ClNO3S/c1-15(27)16-10-12-18(13-11-16)26-14-17-6-2-4-8-20(17)29-24(28)23-22(25)19-7-3-5-9-21(19)30-23/h2-14H,1H3. The monoisotopic (exact) mass is 433 g/mol. The van der Waals surface area contributed by atoms with Gasteiger partial charge in [-0.05, 0) is 49.4 Å². The van der Waals surface area contributed by atoms with Crippen molar-refractivity contribution >= 4 is 56.7 Å². The van der Waals surface area contributed by atoms with Gasteiger partial charge in [-0.2, -0.15) is 0 Å². The summed E-state index contributed by atoms with van der Waals surface area (Å²) in [4.78, 5) is 28.9. The van der Waals surface area contributed by atoms with Crippen molar-refractivity contribution in [1.82, 2.24) is 0 Å². The minimum atomic E-state index is -0.507. The number of rotatable bonds is 5. The smallest absolute Gasteiger partial charge is 0.355 e. The highest BCUT2D eigenvalue weighted by molar-refractivity contribution is 7.21. The van der Waals surface area contributed by atoms with Crippen LogP contribution in [0.2, 0.25) is 5.02 Å². The summed E-state index contributed by atoms with van der Waals surface area (Å²) in [6.07, 6.45) is 1.62. The molecule has 3 aromatic carbocycles. The molecule has 4 nitrogen and oxygen atoms in total. The Labute approximate surface area is 182 Å². The van der Waals surface area contributed by atoms with Gasteiger partial charge in [-0.1, -0.05) is 41.9 Å². The molecule has 0 atom stereocenters. The molecule has 0 saturated carbocycles. The average molecular weight is 434 g/mol. The van der Waals surface area contributed by atoms with Crippen molar-refractivity contribution in [2.75, 3.05) is 0 Å². The minimum Gasteiger partial charge on any atom is -0.422 e. The van der Waals surface area contributed by atoms with E-state index in [2.05, 4.69) is 4.99 Å². The summed E-state index contributed by atoms with van der Waals surface area (Å²) in [7, 11) is 0. The molecule has 0 aliphatic rings. The first-order chi connectivity index (χ1) is 14.5. The fourth-order valence-corrected chi connectivity index (χ4v) is 4.28. The van der Waals surface area contributed by atoms with Gasteiger partial charge >= 0.3 is 5.97 Å². The number of Topliss-reactive ketones (excluding diaryl/α,β-unsaturated/α-hetero) is 1. The second kappa shape index (κ2) is 8.61. The Balaban J connectivity index is 1.57. The molecule has 148 valence electrons. The molecule has 0 saturated heterocycles. The molecule has 0 N–H and O–H groups in total. The lowest BCUT2D eigenvalue weighted by molar-refractivity contribution is 0.0739. The van der Waals surface area contributed by atoms with Gasteiger partial charge in [-0.3, -0.25) is 9.79 Å². The van der Waals surface area contributed by atoms with E-state index >= 15 is 0 Å². The van der Waals surface area contributed by atoms with Gasteiger partial charge in [0.25, 0.3) is 0 Å². The quantitative estimate of drug-likeness (QED) is 0.152. The van der Waals surface area contributed by atoms with Gasteiger partial charge in [0, 0.05) is 27.4 Å². The molecule has 0 aliphatic heterocycles. The molecule has 0 spiro atoms. The van der Waals surface area contributed by atoms with Crippen LogP contribution in [0.25, 0.3) is 10.1 Å². The van der Waals surface area contributed by atoms with Gasteiger partial charge in [0.05, 0.1) is 10.7 Å². The second-order valence-electron chi connectivity index (χ2n) is 6.53. The largest absolute Gasteiger partial charge is 0.422 e. The van der Waals surface area contributed by atoms with E-state index < -0.39 is 5.97 Å². The van der Waals surface area contributed by atoms with Gasteiger partial charge in [0.1, 0.15) is 10.6 Å². The number of nitrogens with zero attached hydrogens (tertiary/aromatic N) is 1. The third kappa shape index (κ3) is 4.17. The molecule has 0 bridgehead atoms. The van der Waals surface area contributed by atoms with Crippen LogP contribution in [-0.4, -0.2) is 18.0 Å². The van der Waals surface area contributed by atoms with Gasteiger partial charge in [0.2, 0.25) is 0 Å². The Kier molecular flexibility index (Phi) is 5.74. The normalized spacial score (nSPS) is 11.1. The number of carbonyl (C=O) groups excluding carboxylic acids is 2. The molecule has 0 amide bonds. The first-order valence-electron chi connectivity index (χ1n) is 9.16. The molecule has 30 heavy (non-hydrogen) atoms. The molecule has 4 aromatic rings. The van der Waals surface area contributed by atoms with Crippen molar-refractivity contribution in [3.05, 3.63) is 93.8 Å². The number of hydrogen-bond acceptors (Lipinski definition) is 5. The van der Waals surface area contributed by atoms with Crippen molar-refractivity contribution in [3.63, 3.8) is 0 Å². The van der Waals surface area contributed by atoms with Crippen molar-refractivity contribution < 1.29 is 14.3 Å². The van der Waals surface area contributed by atoms with E-state index in [1.54, 1.807) is 42.6 Å². The highest BCUT2D eigenvalue weighted by atomic mass is 35.5. The Hall–Kier alpha value is -3.28. The number of fused-ring (bicyclic) bond motifs is 1. The summed E-state index contributed by atoms with van der Waals surface area (Å²) < 4.78 is 6.56.